The summed E-state index contributed by atoms with van der Waals surface area (Å²) < 4.78 is 6.45. The van der Waals surface area contributed by atoms with Gasteiger partial charge in [0.15, 0.2) is 8.32 Å². The summed E-state index contributed by atoms with van der Waals surface area (Å²) >= 11 is 0. The Morgan fingerprint density at radius 2 is 1.83 bits per heavy atom. The summed E-state index contributed by atoms with van der Waals surface area (Å²) in [6.45, 7) is 11.4. The fourth-order valence-corrected chi connectivity index (χ4v) is 3.84. The molecule has 0 amide bonds. The van der Waals surface area contributed by atoms with Gasteiger partial charge in [0.1, 0.15) is 0 Å². The van der Waals surface area contributed by atoms with E-state index in [2.05, 4.69) is 33.9 Å². The zero-order chi connectivity index (χ0) is 14.0. The maximum Gasteiger partial charge on any atom is 0.192 e. The minimum atomic E-state index is -1.79. The van der Waals surface area contributed by atoms with Gasteiger partial charge in [-0.05, 0) is 43.8 Å². The summed E-state index contributed by atoms with van der Waals surface area (Å²) in [5.41, 5.74) is 0. The Bertz CT molecular complexity index is 260. The third kappa shape index (κ3) is 3.79. The van der Waals surface area contributed by atoms with E-state index >= 15 is 0 Å². The largest absolute Gasteiger partial charge is 0.414 e. The lowest BCUT2D eigenvalue weighted by atomic mass is 9.82. The van der Waals surface area contributed by atoms with Gasteiger partial charge in [-0.1, -0.05) is 20.8 Å². The molecule has 0 aliphatic heterocycles. The molecule has 1 aliphatic rings. The van der Waals surface area contributed by atoms with Gasteiger partial charge >= 0.3 is 0 Å². The average Bonchev–Trinajstić information content (AvgIpc) is 2.21. The van der Waals surface area contributed by atoms with Crippen LogP contribution in [0.1, 0.15) is 46.5 Å². The molecule has 0 saturated heterocycles. The normalized spacial score (nSPS) is 30.5. The van der Waals surface area contributed by atoms with Crippen LogP contribution in [0.4, 0.5) is 0 Å². The zero-order valence-electron chi connectivity index (χ0n) is 12.6. The van der Waals surface area contributed by atoms with Crippen LogP contribution in [0.25, 0.3) is 0 Å². The minimum absolute atomic E-state index is 0.109. The van der Waals surface area contributed by atoms with Gasteiger partial charge in [-0.3, -0.25) is 0 Å². The first-order chi connectivity index (χ1) is 8.19. The monoisotopic (exact) mass is 274 g/mol. The Balaban J connectivity index is 2.74. The van der Waals surface area contributed by atoms with E-state index in [0.717, 1.165) is 19.3 Å². The Morgan fingerprint density at radius 1 is 1.22 bits per heavy atom. The fourth-order valence-electron chi connectivity index (χ4n) is 2.43. The van der Waals surface area contributed by atoms with Gasteiger partial charge in [0.25, 0.3) is 0 Å². The highest BCUT2D eigenvalue weighted by Gasteiger charge is 2.42. The minimum Gasteiger partial charge on any atom is -0.414 e. The first-order valence-corrected chi connectivity index (χ1v) is 10.1. The van der Waals surface area contributed by atoms with Crippen molar-refractivity contribution >= 4 is 8.32 Å². The van der Waals surface area contributed by atoms with E-state index < -0.39 is 8.32 Å². The van der Waals surface area contributed by atoms with Crippen LogP contribution in [-0.4, -0.2) is 37.3 Å². The fraction of sp³-hybridized carbons (Fsp3) is 1.00. The van der Waals surface area contributed by atoms with E-state index in [1.807, 2.05) is 0 Å². The lowest BCUT2D eigenvalue weighted by Gasteiger charge is -2.44. The van der Waals surface area contributed by atoms with Crippen molar-refractivity contribution in [2.24, 2.45) is 5.92 Å². The van der Waals surface area contributed by atoms with Gasteiger partial charge in [0, 0.05) is 12.5 Å². The summed E-state index contributed by atoms with van der Waals surface area (Å²) in [6, 6.07) is 0. The molecule has 0 aromatic heterocycles. The molecule has 0 radical (unpaired) electrons. The van der Waals surface area contributed by atoms with Crippen LogP contribution in [0.3, 0.4) is 0 Å². The van der Waals surface area contributed by atoms with Crippen LogP contribution in [0.15, 0.2) is 0 Å². The van der Waals surface area contributed by atoms with Crippen LogP contribution in [-0.2, 0) is 4.43 Å². The summed E-state index contributed by atoms with van der Waals surface area (Å²) in [5, 5.41) is 19.4. The molecule has 1 saturated carbocycles. The van der Waals surface area contributed by atoms with Crippen molar-refractivity contribution in [1.82, 2.24) is 0 Å². The molecule has 3 atom stereocenters. The second-order valence-electron chi connectivity index (χ2n) is 7.09. The first kappa shape index (κ1) is 16.2. The standard InChI is InChI=1S/C14H30O3Si/c1-14(2,3)18(4,5)17-13-8-6-7-12(16)11(13)9-10-15/h11-13,15-16H,6-10H2,1-5H3/t11-,12+,13-/m1/s1. The maximum atomic E-state index is 10.1. The summed E-state index contributed by atoms with van der Waals surface area (Å²) in [6.07, 6.45) is 3.38. The number of hydrogen-bond acceptors (Lipinski definition) is 3. The predicted molar refractivity (Wildman–Crippen MR) is 77.1 cm³/mol. The first-order valence-electron chi connectivity index (χ1n) is 7.16. The molecule has 108 valence electrons. The van der Waals surface area contributed by atoms with Crippen molar-refractivity contribution in [3.8, 4) is 0 Å². The average molecular weight is 274 g/mol. The summed E-state index contributed by atoms with van der Waals surface area (Å²) in [7, 11) is -1.79. The van der Waals surface area contributed by atoms with Gasteiger partial charge in [0.2, 0.25) is 0 Å². The third-order valence-corrected chi connectivity index (χ3v) is 9.18. The zero-order valence-corrected chi connectivity index (χ0v) is 13.6. The van der Waals surface area contributed by atoms with Crippen LogP contribution in [0.2, 0.25) is 18.1 Å². The second-order valence-corrected chi connectivity index (χ2v) is 11.8. The Hall–Kier alpha value is 0.0969. The van der Waals surface area contributed by atoms with E-state index in [4.69, 9.17) is 9.53 Å². The smallest absolute Gasteiger partial charge is 0.192 e. The molecule has 0 bridgehead atoms. The lowest BCUT2D eigenvalue weighted by Crippen LogP contribution is -2.49. The predicted octanol–water partition coefficient (Wildman–Crippen LogP) is 2.92. The highest BCUT2D eigenvalue weighted by Crippen LogP contribution is 2.40. The molecule has 1 aliphatic carbocycles. The highest BCUT2D eigenvalue weighted by atomic mass is 28.4. The van der Waals surface area contributed by atoms with Crippen LogP contribution in [0, 0.1) is 5.92 Å². The van der Waals surface area contributed by atoms with E-state index in [1.54, 1.807) is 0 Å². The molecule has 0 spiro atoms. The lowest BCUT2D eigenvalue weighted by molar-refractivity contribution is -0.0267. The van der Waals surface area contributed by atoms with E-state index in [-0.39, 0.29) is 29.8 Å². The topological polar surface area (TPSA) is 49.7 Å². The van der Waals surface area contributed by atoms with Crippen molar-refractivity contribution in [2.45, 2.75) is 76.8 Å². The van der Waals surface area contributed by atoms with Gasteiger partial charge in [0.05, 0.1) is 12.2 Å². The molecule has 0 unspecified atom stereocenters. The van der Waals surface area contributed by atoms with Crippen molar-refractivity contribution in [1.29, 1.82) is 0 Å². The molecule has 3 nitrogen and oxygen atoms in total. The van der Waals surface area contributed by atoms with Crippen LogP contribution in [0.5, 0.6) is 0 Å². The molecule has 1 fully saturated rings. The number of hydrogen-bond donors (Lipinski definition) is 2. The summed E-state index contributed by atoms with van der Waals surface area (Å²) in [4.78, 5) is 0. The van der Waals surface area contributed by atoms with Crippen molar-refractivity contribution in [3.05, 3.63) is 0 Å². The van der Waals surface area contributed by atoms with Crippen molar-refractivity contribution in [3.63, 3.8) is 0 Å². The number of rotatable bonds is 4. The molecule has 0 heterocycles. The Labute approximate surface area is 113 Å². The molecule has 18 heavy (non-hydrogen) atoms. The Kier molecular flexibility index (Phi) is 5.41. The second kappa shape index (κ2) is 6.03. The highest BCUT2D eigenvalue weighted by molar-refractivity contribution is 6.74. The van der Waals surface area contributed by atoms with Crippen molar-refractivity contribution in [2.75, 3.05) is 6.61 Å². The quantitative estimate of drug-likeness (QED) is 0.775. The third-order valence-electron chi connectivity index (χ3n) is 4.67. The maximum absolute atomic E-state index is 10.1. The molecule has 4 heteroatoms. The van der Waals surface area contributed by atoms with Crippen LogP contribution < -0.4 is 0 Å². The molecule has 1 rings (SSSR count). The van der Waals surface area contributed by atoms with E-state index in [9.17, 15) is 5.11 Å². The van der Waals surface area contributed by atoms with Crippen LogP contribution >= 0.6 is 0 Å². The van der Waals surface area contributed by atoms with Gasteiger partial charge in [-0.2, -0.15) is 0 Å². The Morgan fingerprint density at radius 3 is 2.33 bits per heavy atom. The molecule has 0 aromatic carbocycles. The molecule has 0 aromatic rings. The molecular formula is C14H30O3Si. The summed E-state index contributed by atoms with van der Waals surface area (Å²) in [5.74, 6) is 0.109. The van der Waals surface area contributed by atoms with Gasteiger partial charge < -0.3 is 14.6 Å². The number of aliphatic hydroxyl groups is 2. The van der Waals surface area contributed by atoms with E-state index in [0.29, 0.717) is 6.42 Å². The van der Waals surface area contributed by atoms with Crippen molar-refractivity contribution < 1.29 is 14.6 Å². The number of aliphatic hydroxyl groups excluding tert-OH is 2. The van der Waals surface area contributed by atoms with Gasteiger partial charge in [-0.25, -0.2) is 0 Å². The van der Waals surface area contributed by atoms with Gasteiger partial charge in [-0.15, -0.1) is 0 Å². The molecule has 2 N–H and O–H groups in total. The SMILES string of the molecule is CC(C)(C)[Si](C)(C)O[C@@H]1CCC[C@H](O)[C@H]1CCO. The van der Waals surface area contributed by atoms with E-state index in [1.165, 1.54) is 0 Å². The molecular weight excluding hydrogens is 244 g/mol.